The molecule has 0 amide bonds. The molecule has 2 nitrogen and oxygen atoms in total. The molecular formula is C11H20N2S. The van der Waals surface area contributed by atoms with E-state index in [-0.39, 0.29) is 0 Å². The van der Waals surface area contributed by atoms with E-state index in [1.54, 1.807) is 0 Å². The number of likely N-dealkylation sites (N-methyl/N-ethyl adjacent to an activating group) is 1. The Kier molecular flexibility index (Phi) is 3.39. The molecule has 0 saturated carbocycles. The van der Waals surface area contributed by atoms with Gasteiger partial charge in [-0.15, -0.1) is 11.8 Å². The number of nitrogens with zero attached hydrogens (tertiary/aromatic N) is 2. The van der Waals surface area contributed by atoms with Gasteiger partial charge in [0.1, 0.15) is 0 Å². The molecule has 1 saturated heterocycles. The first kappa shape index (κ1) is 10.4. The van der Waals surface area contributed by atoms with E-state index >= 15 is 0 Å². The summed E-state index contributed by atoms with van der Waals surface area (Å²) in [5, 5.41) is 2.86. The highest BCUT2D eigenvalue weighted by Gasteiger charge is 2.22. The summed E-state index contributed by atoms with van der Waals surface area (Å²) in [6.07, 6.45) is 4.99. The highest BCUT2D eigenvalue weighted by atomic mass is 32.2. The van der Waals surface area contributed by atoms with Crippen LogP contribution in [-0.2, 0) is 0 Å². The van der Waals surface area contributed by atoms with E-state index in [9.17, 15) is 0 Å². The summed E-state index contributed by atoms with van der Waals surface area (Å²) < 4.78 is 0. The lowest BCUT2D eigenvalue weighted by Crippen LogP contribution is -2.41. The van der Waals surface area contributed by atoms with Crippen molar-refractivity contribution in [1.29, 1.82) is 0 Å². The van der Waals surface area contributed by atoms with Crippen LogP contribution in [0.1, 0.15) is 19.8 Å². The third-order valence-corrected chi connectivity index (χ3v) is 4.22. The van der Waals surface area contributed by atoms with Crippen molar-refractivity contribution >= 4 is 11.8 Å². The molecule has 2 atom stereocenters. The van der Waals surface area contributed by atoms with Crippen molar-refractivity contribution < 1.29 is 0 Å². The molecule has 0 spiro atoms. The molecule has 2 rings (SSSR count). The molecule has 3 heteroatoms. The van der Waals surface area contributed by atoms with Crippen LogP contribution >= 0.6 is 11.8 Å². The minimum atomic E-state index is 0.653. The number of hydrogen-bond acceptors (Lipinski definition) is 3. The smallest absolute Gasteiger partial charge is 0.0909 e. The fourth-order valence-corrected chi connectivity index (χ4v) is 3.26. The molecule has 0 aromatic rings. The van der Waals surface area contributed by atoms with Gasteiger partial charge in [0.25, 0.3) is 0 Å². The Hall–Kier alpha value is -0.150. The van der Waals surface area contributed by atoms with Crippen molar-refractivity contribution in [1.82, 2.24) is 9.80 Å². The molecule has 0 aliphatic carbocycles. The van der Waals surface area contributed by atoms with E-state index in [0.717, 1.165) is 5.92 Å². The van der Waals surface area contributed by atoms with Crippen molar-refractivity contribution in [3.63, 3.8) is 0 Å². The first-order valence-electron chi connectivity index (χ1n) is 5.52. The van der Waals surface area contributed by atoms with Crippen LogP contribution in [0.5, 0.6) is 0 Å². The van der Waals surface area contributed by atoms with Gasteiger partial charge < -0.3 is 9.80 Å². The van der Waals surface area contributed by atoms with Crippen LogP contribution < -0.4 is 0 Å². The van der Waals surface area contributed by atoms with Crippen LogP contribution in [0.4, 0.5) is 0 Å². The highest BCUT2D eigenvalue weighted by molar-refractivity contribution is 8.02. The van der Waals surface area contributed by atoms with Crippen molar-refractivity contribution in [2.24, 2.45) is 5.92 Å². The fourth-order valence-electron chi connectivity index (χ4n) is 2.26. The topological polar surface area (TPSA) is 6.48 Å². The second-order valence-corrected chi connectivity index (χ2v) is 5.64. The van der Waals surface area contributed by atoms with Crippen molar-refractivity contribution in [2.75, 3.05) is 26.7 Å². The summed E-state index contributed by atoms with van der Waals surface area (Å²) >= 11 is 1.95. The quantitative estimate of drug-likeness (QED) is 0.693. The van der Waals surface area contributed by atoms with E-state index in [1.165, 1.54) is 32.5 Å². The van der Waals surface area contributed by atoms with Gasteiger partial charge in [-0.25, -0.2) is 0 Å². The standard InChI is InChI=1S/C11H20N2S/c1-10-4-3-5-13(8-10)9-11-12(2)6-7-14-11/h6-7,10-11H,3-5,8-9H2,1-2H3. The fraction of sp³-hybridized carbons (Fsp3) is 0.818. The van der Waals surface area contributed by atoms with E-state index < -0.39 is 0 Å². The molecule has 1 fully saturated rings. The second kappa shape index (κ2) is 4.58. The molecule has 2 aliphatic heterocycles. The molecule has 0 radical (unpaired) electrons. The maximum absolute atomic E-state index is 2.62. The first-order valence-corrected chi connectivity index (χ1v) is 6.46. The Balaban J connectivity index is 1.79. The minimum Gasteiger partial charge on any atom is -0.366 e. The highest BCUT2D eigenvalue weighted by Crippen LogP contribution is 2.25. The van der Waals surface area contributed by atoms with Crippen molar-refractivity contribution in [3.8, 4) is 0 Å². The lowest BCUT2D eigenvalue weighted by Gasteiger charge is -2.34. The number of piperidine rings is 1. The molecule has 0 bridgehead atoms. The molecule has 2 heterocycles. The number of thioether (sulfide) groups is 1. The van der Waals surface area contributed by atoms with Gasteiger partial charge in [-0.05, 0) is 30.7 Å². The van der Waals surface area contributed by atoms with Crippen LogP contribution in [0.15, 0.2) is 11.6 Å². The minimum absolute atomic E-state index is 0.653. The van der Waals surface area contributed by atoms with Crippen LogP contribution in [-0.4, -0.2) is 41.9 Å². The molecule has 0 aromatic heterocycles. The predicted molar refractivity (Wildman–Crippen MR) is 63.1 cm³/mol. The average Bonchev–Trinajstić information content (AvgIpc) is 2.52. The Morgan fingerprint density at radius 1 is 1.50 bits per heavy atom. The van der Waals surface area contributed by atoms with Gasteiger partial charge >= 0.3 is 0 Å². The normalized spacial score (nSPS) is 34.0. The van der Waals surface area contributed by atoms with Gasteiger partial charge in [0.15, 0.2) is 0 Å². The SMILES string of the molecule is CC1CCCN(CC2SC=CN2C)C1. The largest absolute Gasteiger partial charge is 0.366 e. The molecule has 0 aromatic carbocycles. The third-order valence-electron chi connectivity index (χ3n) is 3.14. The van der Waals surface area contributed by atoms with Crippen molar-refractivity contribution in [3.05, 3.63) is 11.6 Å². The summed E-state index contributed by atoms with van der Waals surface area (Å²) in [6.45, 7) is 6.19. The zero-order chi connectivity index (χ0) is 9.97. The van der Waals surface area contributed by atoms with E-state index in [1.807, 2.05) is 11.8 Å². The predicted octanol–water partition coefficient (Wildman–Crippen LogP) is 2.19. The average molecular weight is 212 g/mol. The molecule has 2 aliphatic rings. The zero-order valence-electron chi connectivity index (χ0n) is 9.15. The monoisotopic (exact) mass is 212 g/mol. The molecule has 0 N–H and O–H groups in total. The van der Waals surface area contributed by atoms with E-state index in [0.29, 0.717) is 5.37 Å². The maximum Gasteiger partial charge on any atom is 0.0909 e. The number of hydrogen-bond donors (Lipinski definition) is 0. The van der Waals surface area contributed by atoms with Crippen LogP contribution in [0.25, 0.3) is 0 Å². The third kappa shape index (κ3) is 2.45. The summed E-state index contributed by atoms with van der Waals surface area (Å²) in [5.74, 6) is 0.897. The Morgan fingerprint density at radius 3 is 3.00 bits per heavy atom. The van der Waals surface area contributed by atoms with Gasteiger partial charge in [0.05, 0.1) is 5.37 Å². The lowest BCUT2D eigenvalue weighted by atomic mass is 10.0. The van der Waals surface area contributed by atoms with Gasteiger partial charge in [0.2, 0.25) is 0 Å². The summed E-state index contributed by atoms with van der Waals surface area (Å²) in [6, 6.07) is 0. The van der Waals surface area contributed by atoms with Crippen LogP contribution in [0, 0.1) is 5.92 Å². The van der Waals surface area contributed by atoms with Crippen LogP contribution in [0.2, 0.25) is 0 Å². The zero-order valence-corrected chi connectivity index (χ0v) is 9.96. The second-order valence-electron chi connectivity index (χ2n) is 4.55. The lowest BCUT2D eigenvalue weighted by molar-refractivity contribution is 0.167. The van der Waals surface area contributed by atoms with E-state index in [2.05, 4.69) is 35.4 Å². The molecule has 14 heavy (non-hydrogen) atoms. The van der Waals surface area contributed by atoms with Crippen LogP contribution in [0.3, 0.4) is 0 Å². The van der Waals surface area contributed by atoms with E-state index in [4.69, 9.17) is 0 Å². The first-order chi connectivity index (χ1) is 6.75. The summed E-state index contributed by atoms with van der Waals surface area (Å²) in [5.41, 5.74) is 0. The van der Waals surface area contributed by atoms with Crippen molar-refractivity contribution in [2.45, 2.75) is 25.1 Å². The summed E-state index contributed by atoms with van der Waals surface area (Å²) in [4.78, 5) is 4.94. The summed E-state index contributed by atoms with van der Waals surface area (Å²) in [7, 11) is 2.18. The number of rotatable bonds is 2. The Bertz CT molecular complexity index is 217. The number of likely N-dealkylation sites (tertiary alicyclic amines) is 1. The van der Waals surface area contributed by atoms with Gasteiger partial charge in [-0.1, -0.05) is 6.92 Å². The Morgan fingerprint density at radius 2 is 2.36 bits per heavy atom. The Labute approximate surface area is 91.3 Å². The molecule has 80 valence electrons. The molecule has 2 unspecified atom stereocenters. The molecular weight excluding hydrogens is 192 g/mol. The van der Waals surface area contributed by atoms with Gasteiger partial charge in [-0.2, -0.15) is 0 Å². The van der Waals surface area contributed by atoms with Gasteiger partial charge in [-0.3, -0.25) is 0 Å². The van der Waals surface area contributed by atoms with Gasteiger partial charge in [0, 0.05) is 26.3 Å². The maximum atomic E-state index is 2.62.